The van der Waals surface area contributed by atoms with Crippen LogP contribution in [0.2, 0.25) is 0 Å². The summed E-state index contributed by atoms with van der Waals surface area (Å²) in [5, 5.41) is 6.94. The molecule has 0 aliphatic rings. The summed E-state index contributed by atoms with van der Waals surface area (Å²) in [5.41, 5.74) is 3.18. The molecular weight excluding hydrogens is 462 g/mol. The molecule has 0 unspecified atom stereocenters. The Morgan fingerprint density at radius 1 is 1.10 bits per heavy atom. The largest absolute Gasteiger partial charge is 0.493 e. The summed E-state index contributed by atoms with van der Waals surface area (Å²) < 4.78 is 16.8. The zero-order valence-corrected chi connectivity index (χ0v) is 19.5. The molecule has 1 aromatic heterocycles. The smallest absolute Gasteiger partial charge is 0.227 e. The normalized spacial score (nSPS) is 10.7. The Balaban J connectivity index is 1.47. The molecule has 3 aromatic rings. The molecule has 0 saturated heterocycles. The van der Waals surface area contributed by atoms with Crippen molar-refractivity contribution in [2.24, 2.45) is 0 Å². The van der Waals surface area contributed by atoms with E-state index in [0.29, 0.717) is 42.6 Å². The summed E-state index contributed by atoms with van der Waals surface area (Å²) in [7, 11) is 3.19. The van der Waals surface area contributed by atoms with Crippen LogP contribution >= 0.6 is 15.9 Å². The van der Waals surface area contributed by atoms with E-state index < -0.39 is 0 Å². The maximum absolute atomic E-state index is 12.2. The van der Waals surface area contributed by atoms with Gasteiger partial charge >= 0.3 is 0 Å². The molecule has 0 aliphatic heterocycles. The van der Waals surface area contributed by atoms with Crippen molar-refractivity contribution in [3.8, 4) is 22.9 Å². The molecule has 3 rings (SSSR count). The van der Waals surface area contributed by atoms with Crippen LogP contribution in [0.15, 0.2) is 45.4 Å². The number of amides is 1. The third-order valence-corrected chi connectivity index (χ3v) is 5.66. The van der Waals surface area contributed by atoms with Gasteiger partial charge in [0.15, 0.2) is 11.5 Å². The number of aryl methyl sites for hydroxylation is 2. The van der Waals surface area contributed by atoms with E-state index in [0.717, 1.165) is 22.0 Å². The molecule has 0 saturated carbocycles. The highest BCUT2D eigenvalue weighted by Crippen LogP contribution is 2.33. The van der Waals surface area contributed by atoms with Gasteiger partial charge in [-0.2, -0.15) is 4.98 Å². The number of hydrogen-bond donors (Lipinski definition) is 1. The molecule has 1 N–H and O–H groups in total. The highest BCUT2D eigenvalue weighted by Gasteiger charge is 2.12. The van der Waals surface area contributed by atoms with Gasteiger partial charge in [-0.25, -0.2) is 0 Å². The molecule has 0 atom stereocenters. The predicted molar refractivity (Wildman–Crippen MR) is 121 cm³/mol. The van der Waals surface area contributed by atoms with Crippen LogP contribution in [0.3, 0.4) is 0 Å². The Bertz CT molecular complexity index is 1020. The number of benzene rings is 2. The number of aromatic nitrogens is 2. The number of rotatable bonds is 10. The minimum Gasteiger partial charge on any atom is -0.493 e. The Kier molecular flexibility index (Phi) is 8.06. The van der Waals surface area contributed by atoms with Crippen molar-refractivity contribution in [3.05, 3.63) is 57.9 Å². The molecule has 31 heavy (non-hydrogen) atoms. The van der Waals surface area contributed by atoms with Crippen molar-refractivity contribution in [2.75, 3.05) is 20.8 Å². The number of carbonyl (C=O) groups is 1. The first-order valence-corrected chi connectivity index (χ1v) is 10.9. The van der Waals surface area contributed by atoms with Gasteiger partial charge in [0, 0.05) is 29.4 Å². The van der Waals surface area contributed by atoms with Gasteiger partial charge in [0.05, 0.1) is 14.2 Å². The number of carbonyl (C=O) groups excluding carboxylic acids is 1. The molecule has 0 radical (unpaired) electrons. The summed E-state index contributed by atoms with van der Waals surface area (Å²) >= 11 is 3.53. The van der Waals surface area contributed by atoms with Gasteiger partial charge in [0.2, 0.25) is 17.6 Å². The number of ether oxygens (including phenoxy) is 2. The van der Waals surface area contributed by atoms with Crippen LogP contribution in [0.4, 0.5) is 0 Å². The van der Waals surface area contributed by atoms with Crippen LogP contribution < -0.4 is 14.8 Å². The summed E-state index contributed by atoms with van der Waals surface area (Å²) in [6.45, 7) is 2.62. The van der Waals surface area contributed by atoms with Crippen LogP contribution in [0.5, 0.6) is 11.5 Å². The van der Waals surface area contributed by atoms with E-state index in [1.54, 1.807) is 14.2 Å². The number of hydrogen-bond acceptors (Lipinski definition) is 6. The van der Waals surface area contributed by atoms with Gasteiger partial charge in [-0.15, -0.1) is 0 Å². The van der Waals surface area contributed by atoms with Crippen molar-refractivity contribution in [1.29, 1.82) is 0 Å². The quantitative estimate of drug-likeness (QED) is 0.456. The Hall–Kier alpha value is -2.87. The average Bonchev–Trinajstić information content (AvgIpc) is 3.27. The fourth-order valence-corrected chi connectivity index (χ4v) is 3.62. The Morgan fingerprint density at radius 3 is 2.48 bits per heavy atom. The van der Waals surface area contributed by atoms with Crippen LogP contribution in [-0.4, -0.2) is 36.8 Å². The van der Waals surface area contributed by atoms with Crippen LogP contribution in [0, 0.1) is 0 Å². The van der Waals surface area contributed by atoms with Crippen LogP contribution in [-0.2, 0) is 24.1 Å². The highest BCUT2D eigenvalue weighted by atomic mass is 79.9. The molecule has 0 aliphatic carbocycles. The van der Waals surface area contributed by atoms with E-state index >= 15 is 0 Å². The van der Waals surface area contributed by atoms with Crippen molar-refractivity contribution in [2.45, 2.75) is 32.6 Å². The molecular formula is C23H26BrN3O4. The van der Waals surface area contributed by atoms with E-state index in [4.69, 9.17) is 14.0 Å². The minimum atomic E-state index is -0.0661. The molecule has 7 nitrogen and oxygen atoms in total. The number of methoxy groups -OCH3 is 2. The second-order valence-electron chi connectivity index (χ2n) is 6.96. The van der Waals surface area contributed by atoms with Gasteiger partial charge in [0.25, 0.3) is 0 Å². The highest BCUT2D eigenvalue weighted by molar-refractivity contribution is 9.10. The molecule has 0 bridgehead atoms. The zero-order chi connectivity index (χ0) is 22.2. The number of nitrogens with zero attached hydrogens (tertiary/aromatic N) is 2. The summed E-state index contributed by atoms with van der Waals surface area (Å²) in [6.07, 6.45) is 2.32. The van der Waals surface area contributed by atoms with Crippen LogP contribution in [0.25, 0.3) is 11.4 Å². The Labute approximate surface area is 190 Å². The zero-order valence-electron chi connectivity index (χ0n) is 17.9. The second kappa shape index (κ2) is 10.9. The lowest BCUT2D eigenvalue weighted by atomic mass is 10.1. The lowest BCUT2D eigenvalue weighted by Gasteiger charge is -2.12. The molecule has 1 amide bonds. The molecule has 0 fully saturated rings. The molecule has 2 aromatic carbocycles. The lowest BCUT2D eigenvalue weighted by Crippen LogP contribution is -2.26. The van der Waals surface area contributed by atoms with Crippen molar-refractivity contribution in [1.82, 2.24) is 15.5 Å². The first kappa shape index (κ1) is 22.8. The predicted octanol–water partition coefficient (Wildman–Crippen LogP) is 4.37. The third-order valence-electron chi connectivity index (χ3n) is 4.92. The number of nitrogens with one attached hydrogen (secondary N) is 1. The van der Waals surface area contributed by atoms with Crippen molar-refractivity contribution >= 4 is 21.8 Å². The maximum atomic E-state index is 12.2. The second-order valence-corrected chi connectivity index (χ2v) is 7.82. The minimum absolute atomic E-state index is 0.0661. The molecule has 164 valence electrons. The van der Waals surface area contributed by atoms with Crippen LogP contribution in [0.1, 0.15) is 30.4 Å². The summed E-state index contributed by atoms with van der Waals surface area (Å²) in [6, 6.07) is 11.8. The average molecular weight is 488 g/mol. The van der Waals surface area contributed by atoms with Gasteiger partial charge in [-0.1, -0.05) is 52.3 Å². The Morgan fingerprint density at radius 2 is 1.81 bits per heavy atom. The first-order chi connectivity index (χ1) is 15.0. The topological polar surface area (TPSA) is 86.5 Å². The summed E-state index contributed by atoms with van der Waals surface area (Å²) in [5.74, 6) is 2.23. The maximum Gasteiger partial charge on any atom is 0.227 e. The summed E-state index contributed by atoms with van der Waals surface area (Å²) in [4.78, 5) is 16.6. The lowest BCUT2D eigenvalue weighted by molar-refractivity contribution is -0.121. The molecule has 1 heterocycles. The van der Waals surface area contributed by atoms with Gasteiger partial charge in [-0.05, 0) is 36.1 Å². The van der Waals surface area contributed by atoms with Gasteiger partial charge in [0.1, 0.15) is 0 Å². The van der Waals surface area contributed by atoms with E-state index in [-0.39, 0.29) is 12.3 Å². The number of halogens is 1. The van der Waals surface area contributed by atoms with Gasteiger partial charge in [-0.3, -0.25) is 4.79 Å². The van der Waals surface area contributed by atoms with E-state index in [1.165, 1.54) is 5.56 Å². The fraction of sp³-hybridized carbons (Fsp3) is 0.348. The fourth-order valence-electron chi connectivity index (χ4n) is 3.10. The third kappa shape index (κ3) is 6.07. The van der Waals surface area contributed by atoms with Crippen molar-refractivity contribution in [3.63, 3.8) is 0 Å². The van der Waals surface area contributed by atoms with E-state index in [2.05, 4.69) is 50.4 Å². The SMILES string of the molecule is CCc1ccc(-c2noc(CCC(=O)NCCc3cc(OC)c(OC)cc3Br)n2)cc1. The molecule has 8 heteroatoms. The van der Waals surface area contributed by atoms with Gasteiger partial charge < -0.3 is 19.3 Å². The standard InChI is InChI=1S/C23H26BrN3O4/c1-4-15-5-7-16(8-6-15)23-26-22(31-27-23)10-9-21(28)25-12-11-17-13-19(29-2)20(30-3)14-18(17)24/h5-8,13-14H,4,9-12H2,1-3H3,(H,25,28). The monoisotopic (exact) mass is 487 g/mol. The van der Waals surface area contributed by atoms with E-state index in [9.17, 15) is 4.79 Å². The van der Waals surface area contributed by atoms with Crippen molar-refractivity contribution < 1.29 is 18.8 Å². The van der Waals surface area contributed by atoms with E-state index in [1.807, 2.05) is 24.3 Å². The molecule has 0 spiro atoms. The first-order valence-electron chi connectivity index (χ1n) is 10.1.